The largest absolute Gasteiger partial charge is 0.394 e. The number of hydrazine groups is 1. The highest BCUT2D eigenvalue weighted by Crippen LogP contribution is 2.34. The van der Waals surface area contributed by atoms with Gasteiger partial charge in [0.05, 0.1) is 25.0 Å². The van der Waals surface area contributed by atoms with Gasteiger partial charge in [0.15, 0.2) is 6.23 Å². The molecular weight excluding hydrogens is 266 g/mol. The Hall–Kier alpha value is -2.20. The highest BCUT2D eigenvalue weighted by molar-refractivity contribution is 5.58. The Morgan fingerprint density at radius 1 is 1.65 bits per heavy atom. The van der Waals surface area contributed by atoms with Crippen molar-refractivity contribution in [1.29, 1.82) is 0 Å². The van der Waals surface area contributed by atoms with Gasteiger partial charge < -0.3 is 9.84 Å². The van der Waals surface area contributed by atoms with Crippen LogP contribution in [0.1, 0.15) is 6.42 Å². The van der Waals surface area contributed by atoms with E-state index in [4.69, 9.17) is 16.1 Å². The number of aliphatic imine (C=N–C) groups is 1. The van der Waals surface area contributed by atoms with Crippen molar-refractivity contribution in [3.8, 4) is 0 Å². The Kier molecular flexibility index (Phi) is 3.24. The summed E-state index contributed by atoms with van der Waals surface area (Å²) in [4.78, 5) is 6.75. The first-order chi connectivity index (χ1) is 9.74. The lowest BCUT2D eigenvalue weighted by Crippen LogP contribution is -2.43. The van der Waals surface area contributed by atoms with Gasteiger partial charge in [-0.25, -0.2) is 15.8 Å². The molecule has 11 nitrogen and oxygen atoms in total. The summed E-state index contributed by atoms with van der Waals surface area (Å²) in [6.45, 7) is -0.227. The molecule has 20 heavy (non-hydrogen) atoms. The van der Waals surface area contributed by atoms with E-state index in [-0.39, 0.29) is 6.61 Å². The average Bonchev–Trinajstić information content (AvgIpc) is 3.03. The molecule has 1 saturated heterocycles. The Morgan fingerprint density at radius 2 is 2.50 bits per heavy atom. The van der Waals surface area contributed by atoms with Gasteiger partial charge in [0, 0.05) is 11.3 Å². The van der Waals surface area contributed by atoms with E-state index < -0.39 is 24.5 Å². The molecule has 3 rings (SSSR count). The van der Waals surface area contributed by atoms with Crippen LogP contribution in [0.3, 0.4) is 0 Å². The predicted molar refractivity (Wildman–Crippen MR) is 66.4 cm³/mol. The van der Waals surface area contributed by atoms with Crippen LogP contribution in [-0.2, 0) is 4.74 Å². The smallest absolute Gasteiger partial charge is 0.202 e. The molecule has 3 heterocycles. The summed E-state index contributed by atoms with van der Waals surface area (Å²) < 4.78 is 5.65. The minimum Gasteiger partial charge on any atom is -0.394 e. The molecule has 3 aliphatic rings. The van der Waals surface area contributed by atoms with Crippen LogP contribution in [0.4, 0.5) is 0 Å². The van der Waals surface area contributed by atoms with E-state index in [9.17, 15) is 5.11 Å². The SMILES string of the molecule is [N-]=[N+]=NC1C[C@@H](N2N=NC3C2=CN=CN3N)O[C@@H]1CO. The van der Waals surface area contributed by atoms with Gasteiger partial charge in [-0.1, -0.05) is 10.3 Å². The van der Waals surface area contributed by atoms with Crippen LogP contribution in [-0.4, -0.2) is 52.6 Å². The molecule has 0 aromatic carbocycles. The summed E-state index contributed by atoms with van der Waals surface area (Å²) in [5, 5.41) is 23.8. The Bertz CT molecular complexity index is 526. The van der Waals surface area contributed by atoms with Crippen molar-refractivity contribution >= 4 is 6.34 Å². The van der Waals surface area contributed by atoms with Gasteiger partial charge in [-0.05, 0) is 5.53 Å². The first-order valence-electron chi connectivity index (χ1n) is 6.01. The van der Waals surface area contributed by atoms with Crippen LogP contribution in [0.2, 0.25) is 0 Å². The Balaban J connectivity index is 1.78. The summed E-state index contributed by atoms with van der Waals surface area (Å²) in [5.74, 6) is 5.72. The van der Waals surface area contributed by atoms with Crippen LogP contribution in [0.25, 0.3) is 10.4 Å². The van der Waals surface area contributed by atoms with Gasteiger partial charge in [0.2, 0.25) is 6.17 Å². The monoisotopic (exact) mass is 279 g/mol. The van der Waals surface area contributed by atoms with Crippen molar-refractivity contribution in [3.63, 3.8) is 0 Å². The molecule has 0 aromatic heterocycles. The number of nitrogens with two attached hydrogens (primary N) is 1. The predicted octanol–water partition coefficient (Wildman–Crippen LogP) is -0.159. The summed E-state index contributed by atoms with van der Waals surface area (Å²) in [5.41, 5.74) is 9.20. The number of hydrogen-bond donors (Lipinski definition) is 2. The topological polar surface area (TPSA) is 148 Å². The van der Waals surface area contributed by atoms with Gasteiger partial charge in [-0.3, -0.25) is 5.01 Å². The van der Waals surface area contributed by atoms with E-state index in [2.05, 4.69) is 25.4 Å². The van der Waals surface area contributed by atoms with E-state index in [0.29, 0.717) is 12.1 Å². The lowest BCUT2D eigenvalue weighted by atomic mass is 10.1. The minimum atomic E-state index is -0.549. The summed E-state index contributed by atoms with van der Waals surface area (Å²) in [6.07, 6.45) is 2.02. The van der Waals surface area contributed by atoms with E-state index in [1.54, 1.807) is 11.2 Å². The fourth-order valence-corrected chi connectivity index (χ4v) is 2.36. The maximum absolute atomic E-state index is 9.25. The molecule has 1 fully saturated rings. The van der Waals surface area contributed by atoms with Crippen molar-refractivity contribution in [2.75, 3.05) is 6.61 Å². The third-order valence-corrected chi connectivity index (χ3v) is 3.33. The van der Waals surface area contributed by atoms with Crippen molar-refractivity contribution in [3.05, 3.63) is 22.3 Å². The molecule has 0 radical (unpaired) electrons. The van der Waals surface area contributed by atoms with Crippen LogP contribution in [0, 0.1) is 0 Å². The van der Waals surface area contributed by atoms with Gasteiger partial charge in [-0.2, -0.15) is 0 Å². The van der Waals surface area contributed by atoms with E-state index in [1.165, 1.54) is 11.3 Å². The standard InChI is InChI=1S/C9H13N9O2/c10-15-13-5-1-8(20-7(5)3-19)18-6-2-12-4-17(11)9(6)14-16-18/h2,4-5,7-9,19H,1,3,11H2/t5?,7-,8+,9?/m1/s1. The lowest BCUT2D eigenvalue weighted by Gasteiger charge is -2.27. The third-order valence-electron chi connectivity index (χ3n) is 3.33. The van der Waals surface area contributed by atoms with E-state index >= 15 is 0 Å². The fourth-order valence-electron chi connectivity index (χ4n) is 2.36. The van der Waals surface area contributed by atoms with Gasteiger partial charge in [0.1, 0.15) is 12.0 Å². The van der Waals surface area contributed by atoms with Crippen molar-refractivity contribution in [2.45, 2.75) is 31.0 Å². The van der Waals surface area contributed by atoms with Gasteiger partial charge in [-0.15, -0.1) is 5.11 Å². The van der Waals surface area contributed by atoms with Crippen LogP contribution in [0.5, 0.6) is 0 Å². The normalized spacial score (nSPS) is 35.0. The zero-order valence-corrected chi connectivity index (χ0v) is 10.4. The second-order valence-electron chi connectivity index (χ2n) is 4.51. The second kappa shape index (κ2) is 5.06. The van der Waals surface area contributed by atoms with Crippen LogP contribution < -0.4 is 5.84 Å². The van der Waals surface area contributed by atoms with E-state index in [0.717, 1.165) is 0 Å². The number of azide groups is 1. The van der Waals surface area contributed by atoms with Crippen molar-refractivity contribution in [2.24, 2.45) is 26.3 Å². The highest BCUT2D eigenvalue weighted by atomic mass is 16.5. The number of hydrogen-bond acceptors (Lipinski definition) is 9. The fraction of sp³-hybridized carbons (Fsp3) is 0.667. The molecule has 0 spiro atoms. The molecule has 2 unspecified atom stereocenters. The first kappa shape index (κ1) is 12.8. The summed E-state index contributed by atoms with van der Waals surface area (Å²) >= 11 is 0. The van der Waals surface area contributed by atoms with E-state index in [1.807, 2.05) is 0 Å². The molecule has 4 atom stereocenters. The molecule has 0 aromatic rings. The summed E-state index contributed by atoms with van der Waals surface area (Å²) in [7, 11) is 0. The van der Waals surface area contributed by atoms with Gasteiger partial charge >= 0.3 is 0 Å². The molecule has 0 saturated carbocycles. The molecule has 106 valence electrons. The maximum Gasteiger partial charge on any atom is 0.202 e. The minimum absolute atomic E-state index is 0.227. The lowest BCUT2D eigenvalue weighted by molar-refractivity contribution is -0.0561. The number of aliphatic hydroxyl groups excluding tert-OH is 1. The average molecular weight is 279 g/mol. The maximum atomic E-state index is 9.25. The number of rotatable bonds is 3. The molecule has 3 N–H and O–H groups in total. The molecule has 3 aliphatic heterocycles. The van der Waals surface area contributed by atoms with Gasteiger partial charge in [0.25, 0.3) is 0 Å². The third kappa shape index (κ3) is 1.98. The Labute approximate surface area is 113 Å². The molecule has 11 heteroatoms. The highest BCUT2D eigenvalue weighted by Gasteiger charge is 2.43. The van der Waals surface area contributed by atoms with Crippen LogP contribution >= 0.6 is 0 Å². The second-order valence-corrected chi connectivity index (χ2v) is 4.51. The summed E-state index contributed by atoms with van der Waals surface area (Å²) in [6, 6.07) is -0.439. The Morgan fingerprint density at radius 3 is 3.25 bits per heavy atom. The quantitative estimate of drug-likeness (QED) is 0.318. The zero-order chi connectivity index (χ0) is 14.1. The first-order valence-corrected chi connectivity index (χ1v) is 6.01. The zero-order valence-electron chi connectivity index (χ0n) is 10.4. The molecule has 0 aliphatic carbocycles. The molecule has 0 amide bonds. The number of nitrogens with zero attached hydrogens (tertiary/aromatic N) is 8. The number of aliphatic hydroxyl groups is 1. The van der Waals surface area contributed by atoms with Crippen molar-refractivity contribution in [1.82, 2.24) is 10.0 Å². The molecular formula is C9H13N9O2. The van der Waals surface area contributed by atoms with Crippen LogP contribution in [0.15, 0.2) is 32.3 Å². The van der Waals surface area contributed by atoms with Crippen molar-refractivity contribution < 1.29 is 9.84 Å². The molecule has 0 bridgehead atoms. The number of fused-ring (bicyclic) bond motifs is 1. The number of ether oxygens (including phenoxy) is 1.